The fourth-order valence-electron chi connectivity index (χ4n) is 1.66. The number of hydrogen-bond donors (Lipinski definition) is 1. The van der Waals surface area contributed by atoms with E-state index in [1.54, 1.807) is 31.2 Å². The highest BCUT2D eigenvalue weighted by Gasteiger charge is 2.07. The molecule has 0 aliphatic heterocycles. The average Bonchev–Trinajstić information content (AvgIpc) is 2.39. The average molecular weight is 255 g/mol. The Morgan fingerprint density at radius 2 is 2.00 bits per heavy atom. The zero-order valence-electron chi connectivity index (χ0n) is 10.2. The van der Waals surface area contributed by atoms with Crippen molar-refractivity contribution in [3.63, 3.8) is 0 Å². The lowest BCUT2D eigenvalue weighted by atomic mass is 10.1. The third-order valence-corrected chi connectivity index (χ3v) is 2.60. The lowest BCUT2D eigenvalue weighted by Gasteiger charge is -2.10. The Morgan fingerprint density at radius 1 is 1.21 bits per heavy atom. The Morgan fingerprint density at radius 3 is 2.58 bits per heavy atom. The Bertz CT molecular complexity index is 624. The van der Waals surface area contributed by atoms with Crippen LogP contribution in [0.1, 0.15) is 26.4 Å². The van der Waals surface area contributed by atoms with Crippen LogP contribution in [0.2, 0.25) is 0 Å². The van der Waals surface area contributed by atoms with Crippen LogP contribution < -0.4 is 10.4 Å². The third-order valence-electron chi connectivity index (χ3n) is 2.60. The summed E-state index contributed by atoms with van der Waals surface area (Å²) < 4.78 is 0. The van der Waals surface area contributed by atoms with E-state index < -0.39 is 5.97 Å². The van der Waals surface area contributed by atoms with Gasteiger partial charge in [-0.15, -0.1) is 0 Å². The number of pyridine rings is 1. The summed E-state index contributed by atoms with van der Waals surface area (Å²) in [4.78, 5) is 26.5. The molecule has 0 unspecified atom stereocenters. The van der Waals surface area contributed by atoms with E-state index in [-0.39, 0.29) is 11.5 Å². The van der Waals surface area contributed by atoms with Gasteiger partial charge in [-0.3, -0.25) is 9.78 Å². The van der Waals surface area contributed by atoms with E-state index in [1.807, 2.05) is 0 Å². The molecule has 19 heavy (non-hydrogen) atoms. The number of aromatic carboxylic acids is 1. The number of aryl methyl sites for hydroxylation is 1. The third kappa shape index (κ3) is 2.95. The molecule has 1 heterocycles. The highest BCUT2D eigenvalue weighted by Crippen LogP contribution is 2.15. The summed E-state index contributed by atoms with van der Waals surface area (Å²) in [7, 11) is 0. The Labute approximate surface area is 109 Å². The maximum Gasteiger partial charge on any atom is 0.274 e. The molecule has 0 fully saturated rings. The number of carboxylic acids is 1. The van der Waals surface area contributed by atoms with Crippen molar-refractivity contribution in [2.24, 2.45) is 0 Å². The summed E-state index contributed by atoms with van der Waals surface area (Å²) in [5.74, 6) is -1.58. The van der Waals surface area contributed by atoms with Crippen molar-refractivity contribution >= 4 is 17.6 Å². The fraction of sp³-hybridized carbons (Fsp3) is 0.0714. The maximum atomic E-state index is 11.8. The minimum atomic E-state index is -1.24. The molecule has 2 rings (SSSR count). The highest BCUT2D eigenvalue weighted by molar-refractivity contribution is 6.03. The largest absolute Gasteiger partial charge is 0.545 e. The van der Waals surface area contributed by atoms with Gasteiger partial charge in [0.15, 0.2) is 0 Å². The minimum Gasteiger partial charge on any atom is -0.545 e. The van der Waals surface area contributed by atoms with Crippen LogP contribution in [0.3, 0.4) is 0 Å². The Balaban J connectivity index is 2.19. The van der Waals surface area contributed by atoms with E-state index in [9.17, 15) is 14.7 Å². The number of amides is 1. The molecule has 0 saturated carbocycles. The summed E-state index contributed by atoms with van der Waals surface area (Å²) in [5.41, 5.74) is 1.44. The summed E-state index contributed by atoms with van der Waals surface area (Å²) in [6.07, 6.45) is 1.53. The van der Waals surface area contributed by atoms with Gasteiger partial charge < -0.3 is 15.2 Å². The van der Waals surface area contributed by atoms with Gasteiger partial charge in [-0.1, -0.05) is 12.1 Å². The number of anilines is 1. The SMILES string of the molecule is Cc1cc(NC(=O)c2ccccn2)ccc1C(=O)[O-]. The van der Waals surface area contributed by atoms with Crippen LogP contribution in [0.4, 0.5) is 5.69 Å². The lowest BCUT2D eigenvalue weighted by molar-refractivity contribution is -0.255. The van der Waals surface area contributed by atoms with Gasteiger partial charge in [-0.05, 0) is 36.8 Å². The van der Waals surface area contributed by atoms with Crippen LogP contribution >= 0.6 is 0 Å². The van der Waals surface area contributed by atoms with Gasteiger partial charge in [0.25, 0.3) is 5.91 Å². The van der Waals surface area contributed by atoms with Crippen molar-refractivity contribution in [3.05, 3.63) is 59.4 Å². The number of nitrogens with zero attached hydrogens (tertiary/aromatic N) is 1. The normalized spacial score (nSPS) is 9.95. The van der Waals surface area contributed by atoms with E-state index >= 15 is 0 Å². The van der Waals surface area contributed by atoms with Gasteiger partial charge in [0.1, 0.15) is 5.69 Å². The van der Waals surface area contributed by atoms with Crippen LogP contribution in [0.25, 0.3) is 0 Å². The molecule has 1 aromatic heterocycles. The zero-order valence-corrected chi connectivity index (χ0v) is 10.2. The van der Waals surface area contributed by atoms with Crippen LogP contribution in [0, 0.1) is 6.92 Å². The molecule has 1 N–H and O–H groups in total. The molecule has 0 radical (unpaired) electrons. The number of carbonyl (C=O) groups is 2. The summed E-state index contributed by atoms with van der Waals surface area (Å²) in [6, 6.07) is 9.52. The molecule has 0 spiro atoms. The molecular formula is C14H11N2O3-. The van der Waals surface area contributed by atoms with E-state index in [0.717, 1.165) is 0 Å². The molecule has 2 aromatic rings. The second-order valence-corrected chi connectivity index (χ2v) is 3.99. The van der Waals surface area contributed by atoms with Gasteiger partial charge in [0.2, 0.25) is 0 Å². The summed E-state index contributed by atoms with van der Waals surface area (Å²) in [5, 5.41) is 13.4. The van der Waals surface area contributed by atoms with Gasteiger partial charge in [0, 0.05) is 17.4 Å². The number of hydrogen-bond acceptors (Lipinski definition) is 4. The molecule has 1 aromatic carbocycles. The van der Waals surface area contributed by atoms with Crippen LogP contribution in [-0.2, 0) is 0 Å². The van der Waals surface area contributed by atoms with Crippen LogP contribution in [0.15, 0.2) is 42.6 Å². The zero-order chi connectivity index (χ0) is 13.8. The molecule has 5 nitrogen and oxygen atoms in total. The van der Waals surface area contributed by atoms with Crippen LogP contribution in [0.5, 0.6) is 0 Å². The topological polar surface area (TPSA) is 82.1 Å². The molecular weight excluding hydrogens is 244 g/mol. The second-order valence-electron chi connectivity index (χ2n) is 3.99. The predicted molar refractivity (Wildman–Crippen MR) is 67.7 cm³/mol. The number of nitrogens with one attached hydrogen (secondary N) is 1. The standard InChI is InChI=1S/C14H12N2O3/c1-9-8-10(5-6-11(9)14(18)19)16-13(17)12-4-2-3-7-15-12/h2-8H,1H3,(H,16,17)(H,18,19)/p-1. The number of aromatic nitrogens is 1. The van der Waals surface area contributed by atoms with Crippen molar-refractivity contribution < 1.29 is 14.7 Å². The van der Waals surface area contributed by atoms with Gasteiger partial charge in [-0.2, -0.15) is 0 Å². The first-order valence-corrected chi connectivity index (χ1v) is 5.62. The van der Waals surface area contributed by atoms with Crippen molar-refractivity contribution in [3.8, 4) is 0 Å². The molecule has 0 saturated heterocycles. The van der Waals surface area contributed by atoms with Gasteiger partial charge in [0.05, 0.1) is 5.97 Å². The van der Waals surface area contributed by atoms with E-state index in [4.69, 9.17) is 0 Å². The first-order valence-electron chi connectivity index (χ1n) is 5.62. The quantitative estimate of drug-likeness (QED) is 0.887. The maximum absolute atomic E-state index is 11.8. The van der Waals surface area contributed by atoms with Gasteiger partial charge in [-0.25, -0.2) is 0 Å². The van der Waals surface area contributed by atoms with Gasteiger partial charge >= 0.3 is 0 Å². The fourth-order valence-corrected chi connectivity index (χ4v) is 1.66. The highest BCUT2D eigenvalue weighted by atomic mass is 16.4. The van der Waals surface area contributed by atoms with Crippen molar-refractivity contribution in [1.82, 2.24) is 4.98 Å². The first-order chi connectivity index (χ1) is 9.08. The summed E-state index contributed by atoms with van der Waals surface area (Å²) in [6.45, 7) is 1.64. The molecule has 5 heteroatoms. The first kappa shape index (κ1) is 12.8. The van der Waals surface area contributed by atoms with Crippen molar-refractivity contribution in [2.75, 3.05) is 5.32 Å². The number of rotatable bonds is 3. The molecule has 0 atom stereocenters. The van der Waals surface area contributed by atoms with Crippen molar-refractivity contribution in [1.29, 1.82) is 0 Å². The smallest absolute Gasteiger partial charge is 0.274 e. The monoisotopic (exact) mass is 255 g/mol. The molecule has 96 valence electrons. The Hall–Kier alpha value is -2.69. The van der Waals surface area contributed by atoms with E-state index in [2.05, 4.69) is 10.3 Å². The number of carbonyl (C=O) groups excluding carboxylic acids is 2. The lowest BCUT2D eigenvalue weighted by Crippen LogP contribution is -2.23. The molecule has 1 amide bonds. The number of carboxylic acid groups (broad SMARTS) is 1. The van der Waals surface area contributed by atoms with E-state index in [0.29, 0.717) is 16.9 Å². The van der Waals surface area contributed by atoms with Crippen molar-refractivity contribution in [2.45, 2.75) is 6.92 Å². The molecule has 0 aliphatic rings. The predicted octanol–water partition coefficient (Wildman–Crippen LogP) is 1.01. The minimum absolute atomic E-state index is 0.107. The second kappa shape index (κ2) is 5.30. The Kier molecular flexibility index (Phi) is 3.56. The van der Waals surface area contributed by atoms with Crippen LogP contribution in [-0.4, -0.2) is 16.9 Å². The number of benzene rings is 1. The molecule has 0 aliphatic carbocycles. The van der Waals surface area contributed by atoms with E-state index in [1.165, 1.54) is 18.3 Å². The summed E-state index contributed by atoms with van der Waals surface area (Å²) >= 11 is 0. The molecule has 0 bridgehead atoms.